The molecule has 0 spiro atoms. The Morgan fingerprint density at radius 2 is 2.29 bits per heavy atom. The van der Waals surface area contributed by atoms with Gasteiger partial charge < -0.3 is 10.5 Å². The van der Waals surface area contributed by atoms with Crippen molar-refractivity contribution in [1.82, 2.24) is 0 Å². The summed E-state index contributed by atoms with van der Waals surface area (Å²) in [5.74, 6) is 0.0671. The van der Waals surface area contributed by atoms with Gasteiger partial charge in [0, 0.05) is 7.11 Å². The molecule has 0 unspecified atom stereocenters. The molecule has 4 heteroatoms. The Hall–Kier alpha value is -0.280. The van der Waals surface area contributed by atoms with Gasteiger partial charge in [-0.05, 0) is 0 Å². The highest BCUT2D eigenvalue weighted by Gasteiger charge is 1.78. The summed E-state index contributed by atoms with van der Waals surface area (Å²) >= 11 is 0. The number of halogens is 1. The lowest BCUT2D eigenvalue weighted by Crippen LogP contribution is -2.15. The predicted octanol–water partition coefficient (Wildman–Crippen LogP) is -0.00943. The quantitative estimate of drug-likeness (QED) is 0.402. The number of nitrogens with two attached hydrogens (primary N) is 1. The van der Waals surface area contributed by atoms with Crippen molar-refractivity contribution in [3.63, 3.8) is 0 Å². The molecule has 0 amide bonds. The minimum atomic E-state index is 0. The number of rotatable bonds is 2. The number of hydrogen-bond donors (Lipinski definition) is 2. The summed E-state index contributed by atoms with van der Waals surface area (Å²) in [6.45, 7) is 0.236. The van der Waals surface area contributed by atoms with Gasteiger partial charge in [-0.15, -0.1) is 12.4 Å². The molecule has 0 fully saturated rings. The van der Waals surface area contributed by atoms with Gasteiger partial charge in [-0.1, -0.05) is 0 Å². The lowest BCUT2D eigenvalue weighted by atomic mass is 10.7. The van der Waals surface area contributed by atoms with Crippen LogP contribution in [0.4, 0.5) is 0 Å². The second-order valence-electron chi connectivity index (χ2n) is 0.958. The van der Waals surface area contributed by atoms with Crippen molar-refractivity contribution in [1.29, 1.82) is 5.41 Å². The largest absolute Gasteiger partial charge is 0.386 e. The van der Waals surface area contributed by atoms with Gasteiger partial charge in [-0.3, -0.25) is 5.41 Å². The maximum Gasteiger partial charge on any atom is 0.117 e. The normalized spacial score (nSPS) is 7.00. The van der Waals surface area contributed by atoms with Crippen LogP contribution in [0.25, 0.3) is 0 Å². The molecule has 0 aromatic heterocycles. The van der Waals surface area contributed by atoms with Crippen LogP contribution < -0.4 is 5.73 Å². The lowest BCUT2D eigenvalue weighted by molar-refractivity contribution is 0.244. The van der Waals surface area contributed by atoms with E-state index in [1.807, 2.05) is 0 Å². The number of ether oxygens (including phenoxy) is 1. The van der Waals surface area contributed by atoms with Crippen LogP contribution in [0.3, 0.4) is 0 Å². The highest BCUT2D eigenvalue weighted by Crippen LogP contribution is 1.59. The molecule has 0 aromatic rings. The Balaban J connectivity index is 0. The Kier molecular flexibility index (Phi) is 8.06. The van der Waals surface area contributed by atoms with E-state index in [9.17, 15) is 0 Å². The molecular formula is C3H9ClN2O. The summed E-state index contributed by atoms with van der Waals surface area (Å²) in [4.78, 5) is 0. The summed E-state index contributed by atoms with van der Waals surface area (Å²) < 4.78 is 4.45. The van der Waals surface area contributed by atoms with Gasteiger partial charge in [0.2, 0.25) is 0 Å². The molecule has 0 radical (unpaired) electrons. The number of methoxy groups -OCH3 is 1. The first-order valence-electron chi connectivity index (χ1n) is 1.59. The van der Waals surface area contributed by atoms with E-state index in [0.717, 1.165) is 0 Å². The van der Waals surface area contributed by atoms with Crippen molar-refractivity contribution in [3.05, 3.63) is 0 Å². The Labute approximate surface area is 48.8 Å². The molecule has 0 aliphatic rings. The second-order valence-corrected chi connectivity index (χ2v) is 0.958. The maximum absolute atomic E-state index is 6.55. The zero-order valence-electron chi connectivity index (χ0n) is 4.10. The average Bonchev–Trinajstić information content (AvgIpc) is 1.35. The number of amidine groups is 1. The molecule has 0 heterocycles. The van der Waals surface area contributed by atoms with Crippen molar-refractivity contribution < 1.29 is 4.74 Å². The van der Waals surface area contributed by atoms with Gasteiger partial charge in [-0.25, -0.2) is 0 Å². The van der Waals surface area contributed by atoms with Crippen molar-refractivity contribution in [3.8, 4) is 0 Å². The summed E-state index contributed by atoms with van der Waals surface area (Å²) in [7, 11) is 1.50. The van der Waals surface area contributed by atoms with E-state index in [2.05, 4.69) is 4.74 Å². The van der Waals surface area contributed by atoms with Crippen LogP contribution >= 0.6 is 12.4 Å². The molecule has 0 saturated carbocycles. The summed E-state index contributed by atoms with van der Waals surface area (Å²) in [5.41, 5.74) is 4.86. The third kappa shape index (κ3) is 10.7. The molecule has 0 saturated heterocycles. The lowest BCUT2D eigenvalue weighted by Gasteiger charge is -1.88. The monoisotopic (exact) mass is 124 g/mol. The van der Waals surface area contributed by atoms with Crippen molar-refractivity contribution in [2.24, 2.45) is 5.73 Å². The van der Waals surface area contributed by atoms with Crippen molar-refractivity contribution in [2.75, 3.05) is 13.7 Å². The second kappa shape index (κ2) is 5.72. The van der Waals surface area contributed by atoms with Crippen LogP contribution in [0.15, 0.2) is 0 Å². The number of nitrogens with one attached hydrogen (secondary N) is 1. The van der Waals surface area contributed by atoms with Gasteiger partial charge in [0.05, 0.1) is 0 Å². The van der Waals surface area contributed by atoms with E-state index >= 15 is 0 Å². The van der Waals surface area contributed by atoms with E-state index in [-0.39, 0.29) is 24.8 Å². The SMILES string of the molecule is COCC(=N)N.Cl. The third-order valence-corrected chi connectivity index (χ3v) is 0.300. The fraction of sp³-hybridized carbons (Fsp3) is 0.667. The fourth-order valence-corrected chi connectivity index (χ4v) is 0.156. The molecule has 3 N–H and O–H groups in total. The standard InChI is InChI=1S/C3H8N2O.ClH/c1-6-2-3(4)5;/h2H2,1H3,(H3,4,5);1H. The summed E-state index contributed by atoms with van der Waals surface area (Å²) in [6, 6.07) is 0. The maximum atomic E-state index is 6.55. The molecule has 0 bridgehead atoms. The molecule has 0 aliphatic carbocycles. The van der Waals surface area contributed by atoms with Crippen LogP contribution in [0.1, 0.15) is 0 Å². The smallest absolute Gasteiger partial charge is 0.117 e. The van der Waals surface area contributed by atoms with Gasteiger partial charge in [0.1, 0.15) is 12.4 Å². The molecule has 44 valence electrons. The zero-order valence-corrected chi connectivity index (χ0v) is 4.92. The molecule has 3 nitrogen and oxygen atoms in total. The van der Waals surface area contributed by atoms with Crippen LogP contribution in [0, 0.1) is 5.41 Å². The van der Waals surface area contributed by atoms with E-state index < -0.39 is 0 Å². The van der Waals surface area contributed by atoms with E-state index in [1.54, 1.807) is 0 Å². The highest BCUT2D eigenvalue weighted by molar-refractivity contribution is 5.85. The van der Waals surface area contributed by atoms with Gasteiger partial charge in [-0.2, -0.15) is 0 Å². The molecule has 0 aromatic carbocycles. The third-order valence-electron chi connectivity index (χ3n) is 0.300. The average molecular weight is 125 g/mol. The van der Waals surface area contributed by atoms with Crippen molar-refractivity contribution in [2.45, 2.75) is 0 Å². The van der Waals surface area contributed by atoms with Crippen LogP contribution in [0.2, 0.25) is 0 Å². The van der Waals surface area contributed by atoms with E-state index in [4.69, 9.17) is 11.1 Å². The fourth-order valence-electron chi connectivity index (χ4n) is 0.156. The summed E-state index contributed by atoms with van der Waals surface area (Å²) in [6.07, 6.45) is 0. The topological polar surface area (TPSA) is 59.1 Å². The molecule has 0 aliphatic heterocycles. The molecule has 0 rings (SSSR count). The van der Waals surface area contributed by atoms with Gasteiger partial charge >= 0.3 is 0 Å². The van der Waals surface area contributed by atoms with E-state index in [1.165, 1.54) is 7.11 Å². The van der Waals surface area contributed by atoms with Crippen LogP contribution in [-0.2, 0) is 4.74 Å². The first-order chi connectivity index (χ1) is 2.77. The van der Waals surface area contributed by atoms with Gasteiger partial charge in [0.15, 0.2) is 0 Å². The Bertz CT molecular complexity index is 56.9. The minimum Gasteiger partial charge on any atom is -0.386 e. The van der Waals surface area contributed by atoms with Crippen LogP contribution in [-0.4, -0.2) is 19.6 Å². The predicted molar refractivity (Wildman–Crippen MR) is 31.0 cm³/mol. The van der Waals surface area contributed by atoms with Crippen LogP contribution in [0.5, 0.6) is 0 Å². The highest BCUT2D eigenvalue weighted by atomic mass is 35.5. The van der Waals surface area contributed by atoms with E-state index in [0.29, 0.717) is 0 Å². The first kappa shape index (κ1) is 9.87. The first-order valence-corrected chi connectivity index (χ1v) is 1.59. The zero-order chi connectivity index (χ0) is 4.99. The molecule has 0 atom stereocenters. The van der Waals surface area contributed by atoms with Crippen molar-refractivity contribution >= 4 is 18.2 Å². The summed E-state index contributed by atoms with van der Waals surface area (Å²) in [5, 5.41) is 6.55. The van der Waals surface area contributed by atoms with Gasteiger partial charge in [0.25, 0.3) is 0 Å². The Morgan fingerprint density at radius 1 is 1.86 bits per heavy atom. The minimum absolute atomic E-state index is 0. The molecule has 7 heavy (non-hydrogen) atoms. The Morgan fingerprint density at radius 3 is 2.29 bits per heavy atom. The molecular weight excluding hydrogens is 115 g/mol. The number of hydrogen-bond acceptors (Lipinski definition) is 2.